The van der Waals surface area contributed by atoms with Crippen LogP contribution < -0.4 is 4.74 Å². The lowest BCUT2D eigenvalue weighted by Gasteiger charge is -2.50. The minimum Gasteiger partial charge on any atom is -0.477 e. The van der Waals surface area contributed by atoms with Gasteiger partial charge in [0.1, 0.15) is 0 Å². The van der Waals surface area contributed by atoms with E-state index in [4.69, 9.17) is 13.9 Å². The largest absolute Gasteiger partial charge is 0.477 e. The van der Waals surface area contributed by atoms with Gasteiger partial charge in [0.25, 0.3) is 0 Å². The molecule has 5 heteroatoms. The number of rotatable bonds is 5. The fraction of sp³-hybridized carbons (Fsp3) is 0.526. The molecule has 0 spiro atoms. The number of nitrogens with zero attached hydrogens (tertiary/aromatic N) is 2. The summed E-state index contributed by atoms with van der Waals surface area (Å²) in [4.78, 5) is 6.79. The van der Waals surface area contributed by atoms with E-state index in [-0.39, 0.29) is 11.5 Å². The summed E-state index contributed by atoms with van der Waals surface area (Å²) in [5.41, 5.74) is 1.28. The van der Waals surface area contributed by atoms with Gasteiger partial charge in [-0.15, -0.1) is 0 Å². The van der Waals surface area contributed by atoms with Crippen molar-refractivity contribution in [2.45, 2.75) is 31.9 Å². The van der Waals surface area contributed by atoms with E-state index in [0.717, 1.165) is 45.5 Å². The summed E-state index contributed by atoms with van der Waals surface area (Å²) >= 11 is 0. The first kappa shape index (κ1) is 15.7. The maximum Gasteiger partial charge on any atom is 0.213 e. The van der Waals surface area contributed by atoms with Crippen LogP contribution in [0, 0.1) is 5.41 Å². The van der Waals surface area contributed by atoms with E-state index in [1.807, 2.05) is 30.5 Å². The topological polar surface area (TPSA) is 47.7 Å². The van der Waals surface area contributed by atoms with E-state index in [0.29, 0.717) is 12.5 Å². The first-order valence-electron chi connectivity index (χ1n) is 8.73. The van der Waals surface area contributed by atoms with Crippen molar-refractivity contribution in [3.8, 4) is 5.88 Å². The van der Waals surface area contributed by atoms with Crippen LogP contribution in [0.2, 0.25) is 0 Å². The van der Waals surface area contributed by atoms with Crippen LogP contribution in [0.4, 0.5) is 0 Å². The Morgan fingerprint density at radius 2 is 2.33 bits per heavy atom. The number of piperidine rings is 1. The molecule has 24 heavy (non-hydrogen) atoms. The lowest BCUT2D eigenvalue weighted by molar-refractivity contribution is -0.141. The van der Waals surface area contributed by atoms with Crippen molar-refractivity contribution in [2.75, 3.05) is 26.3 Å². The van der Waals surface area contributed by atoms with Gasteiger partial charge < -0.3 is 13.9 Å². The SMILES string of the molecule is c1ccc(OCC23CCCOC2CCN(Cc2ccoc2)C3)nc1. The summed E-state index contributed by atoms with van der Waals surface area (Å²) in [5.74, 6) is 0.697. The third-order valence-corrected chi connectivity index (χ3v) is 5.20. The molecule has 0 saturated carbocycles. The molecule has 2 aromatic rings. The molecule has 2 saturated heterocycles. The molecule has 2 fully saturated rings. The Balaban J connectivity index is 1.47. The second kappa shape index (κ2) is 6.95. The molecule has 4 heterocycles. The number of fused-ring (bicyclic) bond motifs is 1. The number of hydrogen-bond acceptors (Lipinski definition) is 5. The molecule has 0 aliphatic carbocycles. The lowest BCUT2D eigenvalue weighted by Crippen LogP contribution is -2.57. The molecule has 2 aliphatic heterocycles. The molecule has 2 aromatic heterocycles. The maximum atomic E-state index is 6.11. The Morgan fingerprint density at radius 3 is 3.17 bits per heavy atom. The van der Waals surface area contributed by atoms with Crippen LogP contribution in [0.15, 0.2) is 47.4 Å². The molecule has 2 aliphatic rings. The molecule has 2 unspecified atom stereocenters. The van der Waals surface area contributed by atoms with Crippen LogP contribution in [0.1, 0.15) is 24.8 Å². The summed E-state index contributed by atoms with van der Waals surface area (Å²) in [7, 11) is 0. The quantitative estimate of drug-likeness (QED) is 0.844. The molecule has 0 amide bonds. The first-order chi connectivity index (χ1) is 11.8. The molecular formula is C19H24N2O3. The van der Waals surface area contributed by atoms with Gasteiger partial charge in [0, 0.05) is 49.5 Å². The molecule has 0 N–H and O–H groups in total. The van der Waals surface area contributed by atoms with Crippen molar-refractivity contribution in [3.63, 3.8) is 0 Å². The van der Waals surface area contributed by atoms with Crippen LogP contribution >= 0.6 is 0 Å². The third kappa shape index (κ3) is 3.32. The highest BCUT2D eigenvalue weighted by Gasteiger charge is 2.46. The predicted octanol–water partition coefficient (Wildman–Crippen LogP) is 3.12. The summed E-state index contributed by atoms with van der Waals surface area (Å²) in [5, 5.41) is 0. The van der Waals surface area contributed by atoms with Crippen molar-refractivity contribution in [3.05, 3.63) is 48.6 Å². The lowest BCUT2D eigenvalue weighted by atomic mass is 9.73. The van der Waals surface area contributed by atoms with Crippen LogP contribution in [-0.4, -0.2) is 42.3 Å². The van der Waals surface area contributed by atoms with Crippen molar-refractivity contribution in [1.82, 2.24) is 9.88 Å². The second-order valence-corrected chi connectivity index (χ2v) is 6.91. The Bertz CT molecular complexity index is 631. The number of hydrogen-bond donors (Lipinski definition) is 0. The minimum absolute atomic E-state index is 0.0533. The Morgan fingerprint density at radius 1 is 1.33 bits per heavy atom. The van der Waals surface area contributed by atoms with Crippen molar-refractivity contribution >= 4 is 0 Å². The zero-order chi connectivity index (χ0) is 16.2. The Kier molecular flexibility index (Phi) is 4.54. The van der Waals surface area contributed by atoms with Gasteiger partial charge in [-0.2, -0.15) is 0 Å². The van der Waals surface area contributed by atoms with Gasteiger partial charge in [-0.1, -0.05) is 6.07 Å². The van der Waals surface area contributed by atoms with Crippen molar-refractivity contribution in [1.29, 1.82) is 0 Å². The Hall–Kier alpha value is -1.85. The van der Waals surface area contributed by atoms with Gasteiger partial charge in [-0.25, -0.2) is 4.98 Å². The van der Waals surface area contributed by atoms with Crippen molar-refractivity contribution in [2.24, 2.45) is 5.41 Å². The van der Waals surface area contributed by atoms with E-state index in [9.17, 15) is 0 Å². The second-order valence-electron chi connectivity index (χ2n) is 6.91. The highest BCUT2D eigenvalue weighted by atomic mass is 16.5. The van der Waals surface area contributed by atoms with Gasteiger partial charge in [0.05, 0.1) is 25.2 Å². The van der Waals surface area contributed by atoms with Crippen LogP contribution in [0.5, 0.6) is 5.88 Å². The summed E-state index contributed by atoms with van der Waals surface area (Å²) < 4.78 is 17.4. The molecule has 4 rings (SSSR count). The average Bonchev–Trinajstić information content (AvgIpc) is 3.14. The summed E-state index contributed by atoms with van der Waals surface area (Å²) in [6, 6.07) is 7.83. The fourth-order valence-corrected chi connectivity index (χ4v) is 4.02. The number of likely N-dealkylation sites (tertiary alicyclic amines) is 1. The Labute approximate surface area is 142 Å². The number of ether oxygens (including phenoxy) is 2. The number of pyridine rings is 1. The monoisotopic (exact) mass is 328 g/mol. The van der Waals surface area contributed by atoms with E-state index in [1.165, 1.54) is 5.56 Å². The van der Waals surface area contributed by atoms with Gasteiger partial charge in [-0.05, 0) is 31.4 Å². The van der Waals surface area contributed by atoms with E-state index in [1.54, 1.807) is 12.5 Å². The van der Waals surface area contributed by atoms with Gasteiger partial charge in [0.15, 0.2) is 0 Å². The third-order valence-electron chi connectivity index (χ3n) is 5.20. The minimum atomic E-state index is 0.0533. The van der Waals surface area contributed by atoms with Crippen molar-refractivity contribution < 1.29 is 13.9 Å². The number of furan rings is 1. The van der Waals surface area contributed by atoms with Gasteiger partial charge >= 0.3 is 0 Å². The molecule has 128 valence electrons. The highest BCUT2D eigenvalue weighted by Crippen LogP contribution is 2.40. The van der Waals surface area contributed by atoms with Gasteiger partial charge in [-0.3, -0.25) is 4.90 Å². The van der Waals surface area contributed by atoms with E-state index in [2.05, 4.69) is 9.88 Å². The molecule has 2 atom stereocenters. The predicted molar refractivity (Wildman–Crippen MR) is 89.7 cm³/mol. The fourth-order valence-electron chi connectivity index (χ4n) is 4.02. The van der Waals surface area contributed by atoms with Gasteiger partial charge in [0.2, 0.25) is 5.88 Å². The normalized spacial score (nSPS) is 27.6. The van der Waals surface area contributed by atoms with Crippen LogP contribution in [-0.2, 0) is 11.3 Å². The smallest absolute Gasteiger partial charge is 0.213 e. The molecule has 0 aromatic carbocycles. The molecule has 5 nitrogen and oxygen atoms in total. The average molecular weight is 328 g/mol. The molecule has 0 bridgehead atoms. The summed E-state index contributed by atoms with van der Waals surface area (Å²) in [6.07, 6.45) is 8.94. The van der Waals surface area contributed by atoms with Crippen LogP contribution in [0.25, 0.3) is 0 Å². The van der Waals surface area contributed by atoms with E-state index < -0.39 is 0 Å². The first-order valence-corrected chi connectivity index (χ1v) is 8.73. The maximum absolute atomic E-state index is 6.11. The number of aromatic nitrogens is 1. The summed E-state index contributed by atoms with van der Waals surface area (Å²) in [6.45, 7) is 4.51. The molecular weight excluding hydrogens is 304 g/mol. The highest BCUT2D eigenvalue weighted by molar-refractivity contribution is 5.11. The zero-order valence-electron chi connectivity index (χ0n) is 13.9. The van der Waals surface area contributed by atoms with Crippen LogP contribution in [0.3, 0.4) is 0 Å². The zero-order valence-corrected chi connectivity index (χ0v) is 13.9. The molecule has 0 radical (unpaired) electrons. The standard InChI is InChI=1S/C19H24N2O3/c1-2-8-20-18(4-1)24-15-19-7-3-10-23-17(19)5-9-21(14-19)12-16-6-11-22-13-16/h1-2,4,6,8,11,13,17H,3,5,7,9-10,12,14-15H2. The van der Waals surface area contributed by atoms with E-state index >= 15 is 0 Å².